The van der Waals surface area contributed by atoms with Crippen molar-refractivity contribution >= 4 is 40.5 Å². The van der Waals surface area contributed by atoms with E-state index in [2.05, 4.69) is 58.9 Å². The molecular formula is C14H13NS3. The highest BCUT2D eigenvalue weighted by Crippen LogP contribution is 2.58. The second-order valence-electron chi connectivity index (χ2n) is 4.74. The monoisotopic (exact) mass is 291 g/mol. The van der Waals surface area contributed by atoms with Crippen LogP contribution in [0.25, 0.3) is 0 Å². The quantitative estimate of drug-likeness (QED) is 0.807. The average Bonchev–Trinajstić information content (AvgIpc) is 3.08. The third-order valence-corrected chi connectivity index (χ3v) is 7.63. The summed E-state index contributed by atoms with van der Waals surface area (Å²) in [6, 6.07) is 13.1. The summed E-state index contributed by atoms with van der Waals surface area (Å²) in [6.45, 7) is 0. The van der Waals surface area contributed by atoms with E-state index in [1.54, 1.807) is 0 Å². The maximum Gasteiger partial charge on any atom is 0.0986 e. The average molecular weight is 291 g/mol. The first-order chi connectivity index (χ1) is 8.85. The van der Waals surface area contributed by atoms with Crippen molar-refractivity contribution in [1.29, 1.82) is 0 Å². The molecule has 3 heterocycles. The molecule has 0 amide bonds. The summed E-state index contributed by atoms with van der Waals surface area (Å²) in [5.41, 5.74) is 1.31. The summed E-state index contributed by atoms with van der Waals surface area (Å²) in [6.07, 6.45) is 1.22. The van der Waals surface area contributed by atoms with Gasteiger partial charge in [-0.05, 0) is 30.0 Å². The van der Waals surface area contributed by atoms with Gasteiger partial charge in [-0.15, -0.1) is 23.1 Å². The number of hydrogen-bond donors (Lipinski definition) is 1. The van der Waals surface area contributed by atoms with E-state index in [9.17, 15) is 0 Å². The van der Waals surface area contributed by atoms with Crippen LogP contribution in [0.4, 0.5) is 5.69 Å². The molecule has 1 N–H and O–H groups in total. The van der Waals surface area contributed by atoms with Crippen molar-refractivity contribution in [2.75, 3.05) is 11.1 Å². The SMILES string of the molecule is c1csc([C@H]2C[C@@]3(CS2)Nc2ccccc2S3)c1. The molecule has 2 aliphatic rings. The Bertz CT molecular complexity index is 539. The number of para-hydroxylation sites is 1. The van der Waals surface area contributed by atoms with E-state index in [1.165, 1.54) is 27.6 Å². The van der Waals surface area contributed by atoms with Crippen LogP contribution in [-0.2, 0) is 0 Å². The third kappa shape index (κ3) is 1.78. The number of fused-ring (bicyclic) bond motifs is 1. The van der Waals surface area contributed by atoms with Gasteiger partial charge >= 0.3 is 0 Å². The van der Waals surface area contributed by atoms with Gasteiger partial charge in [0.25, 0.3) is 0 Å². The maximum atomic E-state index is 3.75. The van der Waals surface area contributed by atoms with Gasteiger partial charge in [0.2, 0.25) is 0 Å². The van der Waals surface area contributed by atoms with Crippen LogP contribution in [0.5, 0.6) is 0 Å². The zero-order valence-electron chi connectivity index (χ0n) is 9.76. The molecule has 0 bridgehead atoms. The van der Waals surface area contributed by atoms with Gasteiger partial charge in [-0.1, -0.05) is 30.0 Å². The van der Waals surface area contributed by atoms with E-state index < -0.39 is 0 Å². The van der Waals surface area contributed by atoms with E-state index >= 15 is 0 Å². The summed E-state index contributed by atoms with van der Waals surface area (Å²) in [5.74, 6) is 1.19. The topological polar surface area (TPSA) is 12.0 Å². The Hall–Kier alpha value is -0.580. The Labute approximate surface area is 119 Å². The lowest BCUT2D eigenvalue weighted by Gasteiger charge is -2.22. The Morgan fingerprint density at radius 1 is 1.17 bits per heavy atom. The molecule has 1 aromatic carbocycles. The molecule has 1 saturated heterocycles. The largest absolute Gasteiger partial charge is 0.369 e. The van der Waals surface area contributed by atoms with Gasteiger partial charge in [0, 0.05) is 26.5 Å². The highest BCUT2D eigenvalue weighted by molar-refractivity contribution is 8.05. The summed E-state index contributed by atoms with van der Waals surface area (Å²) in [4.78, 5) is 3.16. The van der Waals surface area contributed by atoms with Crippen molar-refractivity contribution in [1.82, 2.24) is 0 Å². The van der Waals surface area contributed by atoms with Crippen LogP contribution in [0.3, 0.4) is 0 Å². The second-order valence-corrected chi connectivity index (χ2v) is 8.33. The molecule has 0 radical (unpaired) electrons. The normalized spacial score (nSPS) is 29.4. The lowest BCUT2D eigenvalue weighted by molar-refractivity contribution is 0.701. The Kier molecular flexibility index (Phi) is 2.64. The van der Waals surface area contributed by atoms with Gasteiger partial charge < -0.3 is 5.32 Å². The molecule has 0 saturated carbocycles. The van der Waals surface area contributed by atoms with E-state index in [0.717, 1.165) is 0 Å². The van der Waals surface area contributed by atoms with Crippen molar-refractivity contribution in [3.05, 3.63) is 46.7 Å². The number of rotatable bonds is 1. The summed E-state index contributed by atoms with van der Waals surface area (Å²) in [5, 5.41) is 6.60. The first kappa shape index (κ1) is 11.3. The standard InChI is InChI=1S/C14H13NS3/c1-2-5-11-10(4-1)15-14(18-11)8-13(17-9-14)12-6-3-7-16-12/h1-7,13,15H,8-9H2/t13-,14-/m1/s1. The summed E-state index contributed by atoms with van der Waals surface area (Å²) in [7, 11) is 0. The molecule has 2 atom stereocenters. The van der Waals surface area contributed by atoms with Crippen LogP contribution in [0, 0.1) is 0 Å². The van der Waals surface area contributed by atoms with Crippen molar-refractivity contribution in [2.24, 2.45) is 0 Å². The molecule has 92 valence electrons. The number of thiophene rings is 1. The first-order valence-electron chi connectivity index (χ1n) is 6.06. The Morgan fingerprint density at radius 3 is 2.94 bits per heavy atom. The highest BCUT2D eigenvalue weighted by Gasteiger charge is 2.45. The smallest absolute Gasteiger partial charge is 0.0986 e. The van der Waals surface area contributed by atoms with Crippen LogP contribution >= 0.6 is 34.9 Å². The van der Waals surface area contributed by atoms with Gasteiger partial charge in [0.05, 0.1) is 4.87 Å². The number of hydrogen-bond acceptors (Lipinski definition) is 4. The van der Waals surface area contributed by atoms with Crippen LogP contribution < -0.4 is 5.32 Å². The van der Waals surface area contributed by atoms with E-state index in [4.69, 9.17) is 0 Å². The van der Waals surface area contributed by atoms with Gasteiger partial charge in [0.15, 0.2) is 0 Å². The number of benzene rings is 1. The molecule has 0 unspecified atom stereocenters. The maximum absolute atomic E-state index is 3.75. The summed E-state index contributed by atoms with van der Waals surface area (Å²) < 4.78 is 0. The van der Waals surface area contributed by atoms with Crippen LogP contribution in [0.15, 0.2) is 46.7 Å². The minimum Gasteiger partial charge on any atom is -0.369 e. The van der Waals surface area contributed by atoms with E-state index in [1.807, 2.05) is 23.1 Å². The molecular weight excluding hydrogens is 278 g/mol. The van der Waals surface area contributed by atoms with Crippen LogP contribution in [-0.4, -0.2) is 10.6 Å². The fourth-order valence-electron chi connectivity index (χ4n) is 2.61. The molecule has 2 aliphatic heterocycles. The fraction of sp³-hybridized carbons (Fsp3) is 0.286. The Balaban J connectivity index is 1.59. The third-order valence-electron chi connectivity index (χ3n) is 3.45. The minimum atomic E-state index is 0.225. The molecule has 1 fully saturated rings. The predicted molar refractivity (Wildman–Crippen MR) is 82.8 cm³/mol. The van der Waals surface area contributed by atoms with Gasteiger partial charge in [-0.3, -0.25) is 0 Å². The lowest BCUT2D eigenvalue weighted by Crippen LogP contribution is -2.30. The second kappa shape index (κ2) is 4.22. The molecule has 1 aromatic heterocycles. The summed E-state index contributed by atoms with van der Waals surface area (Å²) >= 11 is 6.00. The molecule has 1 spiro atoms. The lowest BCUT2D eigenvalue weighted by atomic mass is 10.1. The molecule has 4 heteroatoms. The van der Waals surface area contributed by atoms with Gasteiger partial charge in [0.1, 0.15) is 0 Å². The zero-order valence-corrected chi connectivity index (χ0v) is 12.2. The first-order valence-corrected chi connectivity index (χ1v) is 8.80. The van der Waals surface area contributed by atoms with E-state index in [-0.39, 0.29) is 4.87 Å². The van der Waals surface area contributed by atoms with Crippen LogP contribution in [0.2, 0.25) is 0 Å². The molecule has 1 nitrogen and oxygen atoms in total. The molecule has 18 heavy (non-hydrogen) atoms. The van der Waals surface area contributed by atoms with Crippen LogP contribution in [0.1, 0.15) is 16.5 Å². The van der Waals surface area contributed by atoms with Crippen molar-refractivity contribution < 1.29 is 0 Å². The minimum absolute atomic E-state index is 0.225. The van der Waals surface area contributed by atoms with Crippen molar-refractivity contribution in [2.45, 2.75) is 21.4 Å². The van der Waals surface area contributed by atoms with Crippen molar-refractivity contribution in [3.8, 4) is 0 Å². The van der Waals surface area contributed by atoms with E-state index in [0.29, 0.717) is 5.25 Å². The molecule has 2 aromatic rings. The predicted octanol–water partition coefficient (Wildman–Crippen LogP) is 4.84. The number of anilines is 1. The van der Waals surface area contributed by atoms with Crippen molar-refractivity contribution in [3.63, 3.8) is 0 Å². The molecule has 0 aliphatic carbocycles. The Morgan fingerprint density at radius 2 is 2.11 bits per heavy atom. The zero-order chi connectivity index (χ0) is 12.0. The van der Waals surface area contributed by atoms with Gasteiger partial charge in [-0.25, -0.2) is 0 Å². The highest BCUT2D eigenvalue weighted by atomic mass is 32.2. The number of nitrogens with one attached hydrogen (secondary N) is 1. The molecule has 4 rings (SSSR count). The van der Waals surface area contributed by atoms with Gasteiger partial charge in [-0.2, -0.15) is 0 Å². The number of thioether (sulfide) groups is 2. The fourth-order valence-corrected chi connectivity index (χ4v) is 6.74.